The number of anilines is 2. The van der Waals surface area contributed by atoms with Crippen LogP contribution in [0.4, 0.5) is 11.5 Å². The molecule has 0 saturated heterocycles. The molecule has 1 aliphatic heterocycles. The summed E-state index contributed by atoms with van der Waals surface area (Å²) in [7, 11) is 0. The number of nitrogens with two attached hydrogens (primary N) is 1. The van der Waals surface area contributed by atoms with E-state index in [4.69, 9.17) is 5.73 Å². The fourth-order valence-corrected chi connectivity index (χ4v) is 2.74. The van der Waals surface area contributed by atoms with Crippen molar-refractivity contribution in [3.63, 3.8) is 0 Å². The van der Waals surface area contributed by atoms with Gasteiger partial charge in [0.2, 0.25) is 0 Å². The summed E-state index contributed by atoms with van der Waals surface area (Å²) in [5, 5.41) is 0. The zero-order chi connectivity index (χ0) is 13.2. The van der Waals surface area contributed by atoms with E-state index in [0.29, 0.717) is 0 Å². The predicted molar refractivity (Wildman–Crippen MR) is 78.6 cm³/mol. The van der Waals surface area contributed by atoms with Gasteiger partial charge in [-0.1, -0.05) is 24.3 Å². The maximum atomic E-state index is 6.07. The Labute approximate surface area is 114 Å². The lowest BCUT2D eigenvalue weighted by Gasteiger charge is -2.32. The minimum absolute atomic E-state index is 0.00205. The molecule has 1 aromatic heterocycles. The second-order valence-electron chi connectivity index (χ2n) is 5.09. The van der Waals surface area contributed by atoms with E-state index in [-0.39, 0.29) is 6.04 Å². The van der Waals surface area contributed by atoms with Crippen molar-refractivity contribution in [2.24, 2.45) is 5.73 Å². The summed E-state index contributed by atoms with van der Waals surface area (Å²) in [5.41, 5.74) is 9.86. The average molecular weight is 253 g/mol. The molecule has 19 heavy (non-hydrogen) atoms. The molecule has 98 valence electrons. The fraction of sp³-hybridized carbons (Fsp3) is 0.312. The first-order valence-electron chi connectivity index (χ1n) is 6.83. The number of aromatic nitrogens is 1. The molecule has 3 nitrogen and oxygen atoms in total. The highest BCUT2D eigenvalue weighted by molar-refractivity contribution is 5.67. The summed E-state index contributed by atoms with van der Waals surface area (Å²) in [6.45, 7) is 3.02. The third-order valence-corrected chi connectivity index (χ3v) is 3.67. The Kier molecular flexibility index (Phi) is 3.22. The van der Waals surface area contributed by atoms with Gasteiger partial charge in [-0.25, -0.2) is 4.98 Å². The first kappa shape index (κ1) is 12.2. The molecule has 0 aliphatic carbocycles. The van der Waals surface area contributed by atoms with Gasteiger partial charge < -0.3 is 10.6 Å². The van der Waals surface area contributed by atoms with Gasteiger partial charge >= 0.3 is 0 Å². The number of fused-ring (bicyclic) bond motifs is 1. The predicted octanol–water partition coefficient (Wildman–Crippen LogP) is 3.19. The first-order chi connectivity index (χ1) is 9.27. The smallest absolute Gasteiger partial charge is 0.137 e. The zero-order valence-corrected chi connectivity index (χ0v) is 11.2. The average Bonchev–Trinajstić information content (AvgIpc) is 2.46. The lowest BCUT2D eigenvalue weighted by atomic mass is 10.0. The van der Waals surface area contributed by atoms with E-state index in [0.717, 1.165) is 30.8 Å². The number of hydrogen-bond acceptors (Lipinski definition) is 3. The van der Waals surface area contributed by atoms with E-state index in [2.05, 4.69) is 40.2 Å². The molecule has 0 radical (unpaired) electrons. The fourth-order valence-electron chi connectivity index (χ4n) is 2.74. The van der Waals surface area contributed by atoms with Crippen molar-refractivity contribution in [2.45, 2.75) is 25.8 Å². The number of aryl methyl sites for hydroxylation is 1. The Bertz CT molecular complexity index is 578. The molecule has 0 unspecified atom stereocenters. The van der Waals surface area contributed by atoms with Gasteiger partial charge in [-0.2, -0.15) is 0 Å². The van der Waals surface area contributed by atoms with Crippen LogP contribution in [0.5, 0.6) is 0 Å². The summed E-state index contributed by atoms with van der Waals surface area (Å²) >= 11 is 0. The van der Waals surface area contributed by atoms with Crippen molar-refractivity contribution in [3.05, 3.63) is 53.7 Å². The topological polar surface area (TPSA) is 42.1 Å². The monoisotopic (exact) mass is 253 g/mol. The van der Waals surface area contributed by atoms with Gasteiger partial charge in [0, 0.05) is 30.0 Å². The SMILES string of the molecule is C[C@H](N)c1cccnc1N1CCCc2ccccc21. The van der Waals surface area contributed by atoms with Crippen molar-refractivity contribution in [2.75, 3.05) is 11.4 Å². The zero-order valence-electron chi connectivity index (χ0n) is 11.2. The van der Waals surface area contributed by atoms with Crippen molar-refractivity contribution >= 4 is 11.5 Å². The van der Waals surface area contributed by atoms with Crippen molar-refractivity contribution in [3.8, 4) is 0 Å². The highest BCUT2D eigenvalue weighted by Crippen LogP contribution is 2.35. The lowest BCUT2D eigenvalue weighted by molar-refractivity contribution is 0.741. The van der Waals surface area contributed by atoms with Gasteiger partial charge in [0.1, 0.15) is 5.82 Å². The largest absolute Gasteiger partial charge is 0.326 e. The normalized spacial score (nSPS) is 16.0. The molecule has 3 heteroatoms. The van der Waals surface area contributed by atoms with E-state index in [1.54, 1.807) is 0 Å². The van der Waals surface area contributed by atoms with Gasteiger partial charge in [0.05, 0.1) is 0 Å². The highest BCUT2D eigenvalue weighted by atomic mass is 15.2. The molecule has 3 rings (SSSR count). The van der Waals surface area contributed by atoms with Crippen molar-refractivity contribution in [1.29, 1.82) is 0 Å². The molecule has 2 heterocycles. The van der Waals surface area contributed by atoms with Crippen LogP contribution in [0.25, 0.3) is 0 Å². The maximum absolute atomic E-state index is 6.07. The molecule has 0 amide bonds. The molecule has 0 fully saturated rings. The van der Waals surface area contributed by atoms with Crippen molar-refractivity contribution in [1.82, 2.24) is 4.98 Å². The third-order valence-electron chi connectivity index (χ3n) is 3.67. The molecule has 0 bridgehead atoms. The van der Waals surface area contributed by atoms with E-state index >= 15 is 0 Å². The van der Waals surface area contributed by atoms with Gasteiger partial charge in [0.15, 0.2) is 0 Å². The number of nitrogens with zero attached hydrogens (tertiary/aromatic N) is 2. The Morgan fingerprint density at radius 1 is 1.21 bits per heavy atom. The van der Waals surface area contributed by atoms with Crippen LogP contribution in [0.15, 0.2) is 42.6 Å². The summed E-state index contributed by atoms with van der Waals surface area (Å²) in [5.74, 6) is 1.00. The number of pyridine rings is 1. The number of hydrogen-bond donors (Lipinski definition) is 1. The first-order valence-corrected chi connectivity index (χ1v) is 6.83. The molecule has 2 N–H and O–H groups in total. The van der Waals surface area contributed by atoms with Crippen LogP contribution >= 0.6 is 0 Å². The van der Waals surface area contributed by atoms with Gasteiger partial charge in [-0.3, -0.25) is 0 Å². The van der Waals surface area contributed by atoms with Crippen LogP contribution in [0, 0.1) is 0 Å². The third kappa shape index (κ3) is 2.22. The van der Waals surface area contributed by atoms with Crippen LogP contribution in [0.3, 0.4) is 0 Å². The Hall–Kier alpha value is -1.87. The Morgan fingerprint density at radius 2 is 2.05 bits per heavy atom. The van der Waals surface area contributed by atoms with Gasteiger partial charge in [-0.05, 0) is 37.5 Å². The maximum Gasteiger partial charge on any atom is 0.137 e. The second kappa shape index (κ2) is 5.02. The minimum Gasteiger partial charge on any atom is -0.326 e. The number of para-hydroxylation sites is 1. The Balaban J connectivity index is 2.09. The van der Waals surface area contributed by atoms with Crippen molar-refractivity contribution < 1.29 is 0 Å². The summed E-state index contributed by atoms with van der Waals surface area (Å²) in [4.78, 5) is 6.87. The standard InChI is InChI=1S/C16H19N3/c1-12(17)14-8-4-10-18-16(14)19-11-5-7-13-6-2-3-9-15(13)19/h2-4,6,8-10,12H,5,7,11,17H2,1H3/t12-/m0/s1. The Morgan fingerprint density at radius 3 is 2.89 bits per heavy atom. The number of rotatable bonds is 2. The lowest BCUT2D eigenvalue weighted by Crippen LogP contribution is -2.27. The van der Waals surface area contributed by atoms with E-state index < -0.39 is 0 Å². The van der Waals surface area contributed by atoms with Gasteiger partial charge in [0.25, 0.3) is 0 Å². The summed E-state index contributed by atoms with van der Waals surface area (Å²) in [6, 6.07) is 12.6. The summed E-state index contributed by atoms with van der Waals surface area (Å²) in [6.07, 6.45) is 4.15. The molecule has 0 spiro atoms. The van der Waals surface area contributed by atoms with Crippen LogP contribution in [0.2, 0.25) is 0 Å². The highest BCUT2D eigenvalue weighted by Gasteiger charge is 2.21. The van der Waals surface area contributed by atoms with Crippen LogP contribution in [-0.2, 0) is 6.42 Å². The molecule has 1 atom stereocenters. The number of benzene rings is 1. The van der Waals surface area contributed by atoms with E-state index in [9.17, 15) is 0 Å². The van der Waals surface area contributed by atoms with E-state index in [1.165, 1.54) is 11.3 Å². The second-order valence-corrected chi connectivity index (χ2v) is 5.09. The minimum atomic E-state index is -0.00205. The van der Waals surface area contributed by atoms with Crippen LogP contribution in [-0.4, -0.2) is 11.5 Å². The molecule has 0 saturated carbocycles. The van der Waals surface area contributed by atoms with Crippen LogP contribution in [0.1, 0.15) is 30.5 Å². The molecule has 2 aromatic rings. The van der Waals surface area contributed by atoms with Gasteiger partial charge in [-0.15, -0.1) is 0 Å². The molecular formula is C16H19N3. The summed E-state index contributed by atoms with van der Waals surface area (Å²) < 4.78 is 0. The van der Waals surface area contributed by atoms with Crippen LogP contribution < -0.4 is 10.6 Å². The molecule has 1 aromatic carbocycles. The quantitative estimate of drug-likeness (QED) is 0.893. The molecule has 1 aliphatic rings. The molecular weight excluding hydrogens is 234 g/mol. The van der Waals surface area contributed by atoms with E-state index in [1.807, 2.05) is 19.2 Å².